The van der Waals surface area contributed by atoms with Gasteiger partial charge in [-0.1, -0.05) is 51.0 Å². The third-order valence-corrected chi connectivity index (χ3v) is 3.21. The topological polar surface area (TPSA) is 52.6 Å². The van der Waals surface area contributed by atoms with Gasteiger partial charge in [0.2, 0.25) is 0 Å². The summed E-state index contributed by atoms with van der Waals surface area (Å²) in [7, 11) is 0. The number of hydrogen-bond acceptors (Lipinski definition) is 4. The van der Waals surface area contributed by atoms with Crippen molar-refractivity contribution in [2.45, 2.75) is 52.4 Å². The fourth-order valence-electron chi connectivity index (χ4n) is 1.95. The molecule has 0 N–H and O–H groups in total. The van der Waals surface area contributed by atoms with Crippen molar-refractivity contribution in [1.82, 2.24) is 0 Å². The zero-order valence-electron chi connectivity index (χ0n) is 13.6. The quantitative estimate of drug-likeness (QED) is 0.491. The smallest absolute Gasteiger partial charge is 0.310 e. The molecule has 0 heterocycles. The Balaban J connectivity index is 2.44. The zero-order chi connectivity index (χ0) is 16.2. The average molecular weight is 306 g/mol. The first-order valence-electron chi connectivity index (χ1n) is 8.04. The van der Waals surface area contributed by atoms with Gasteiger partial charge in [-0.15, -0.1) is 0 Å². The summed E-state index contributed by atoms with van der Waals surface area (Å²) in [6.45, 7) is 5.05. The first kappa shape index (κ1) is 18.2. The Morgan fingerprint density at radius 3 is 1.73 bits per heavy atom. The second kappa shape index (κ2) is 10.8. The molecule has 122 valence electrons. The highest BCUT2D eigenvalue weighted by atomic mass is 16.5. The van der Waals surface area contributed by atoms with Gasteiger partial charge in [0.25, 0.3) is 0 Å². The lowest BCUT2D eigenvalue weighted by atomic mass is 10.1. The number of rotatable bonds is 10. The molecule has 1 aromatic rings. The van der Waals surface area contributed by atoms with Crippen LogP contribution in [0.2, 0.25) is 0 Å². The first-order valence-corrected chi connectivity index (χ1v) is 8.04. The standard InChI is InChI=1S/C18H26O4/c1-3-5-10-21-17(19)13-15-8-7-9-16(12-15)14-18(20)22-11-6-4-2/h7-9,12H,3-6,10-11,13-14H2,1-2H3. The maximum Gasteiger partial charge on any atom is 0.310 e. The van der Waals surface area contributed by atoms with Crippen LogP contribution in [0.25, 0.3) is 0 Å². The Hall–Kier alpha value is -1.84. The number of carbonyl (C=O) groups is 2. The van der Waals surface area contributed by atoms with Crippen LogP contribution in [0.1, 0.15) is 50.7 Å². The molecule has 0 aromatic heterocycles. The molecule has 0 spiro atoms. The summed E-state index contributed by atoms with van der Waals surface area (Å²) in [4.78, 5) is 23.4. The molecular formula is C18H26O4. The minimum atomic E-state index is -0.226. The molecule has 0 atom stereocenters. The Morgan fingerprint density at radius 2 is 1.32 bits per heavy atom. The van der Waals surface area contributed by atoms with E-state index in [0.717, 1.165) is 36.8 Å². The van der Waals surface area contributed by atoms with Crippen molar-refractivity contribution in [2.75, 3.05) is 13.2 Å². The van der Waals surface area contributed by atoms with Gasteiger partial charge in [0.15, 0.2) is 0 Å². The van der Waals surface area contributed by atoms with Gasteiger partial charge in [-0.3, -0.25) is 9.59 Å². The van der Waals surface area contributed by atoms with Gasteiger partial charge in [-0.25, -0.2) is 0 Å². The average Bonchev–Trinajstić information content (AvgIpc) is 2.48. The van der Waals surface area contributed by atoms with Crippen molar-refractivity contribution in [3.63, 3.8) is 0 Å². The van der Waals surface area contributed by atoms with Crippen molar-refractivity contribution < 1.29 is 19.1 Å². The molecule has 1 rings (SSSR count). The van der Waals surface area contributed by atoms with E-state index in [-0.39, 0.29) is 24.8 Å². The second-order valence-corrected chi connectivity index (χ2v) is 5.32. The summed E-state index contributed by atoms with van der Waals surface area (Å²) in [5.74, 6) is -0.452. The summed E-state index contributed by atoms with van der Waals surface area (Å²) >= 11 is 0. The summed E-state index contributed by atoms with van der Waals surface area (Å²) in [6, 6.07) is 7.45. The maximum absolute atomic E-state index is 11.7. The van der Waals surface area contributed by atoms with Crippen LogP contribution in [0.5, 0.6) is 0 Å². The number of esters is 2. The van der Waals surface area contributed by atoms with Crippen molar-refractivity contribution in [3.8, 4) is 0 Å². The molecule has 0 aliphatic rings. The van der Waals surface area contributed by atoms with Crippen LogP contribution in [0.3, 0.4) is 0 Å². The van der Waals surface area contributed by atoms with Gasteiger partial charge in [0, 0.05) is 0 Å². The van der Waals surface area contributed by atoms with Crippen molar-refractivity contribution in [2.24, 2.45) is 0 Å². The van der Waals surface area contributed by atoms with E-state index in [2.05, 4.69) is 13.8 Å². The highest BCUT2D eigenvalue weighted by Crippen LogP contribution is 2.09. The van der Waals surface area contributed by atoms with Gasteiger partial charge in [0.05, 0.1) is 26.1 Å². The van der Waals surface area contributed by atoms with Gasteiger partial charge >= 0.3 is 11.9 Å². The van der Waals surface area contributed by atoms with Crippen LogP contribution < -0.4 is 0 Å². The fourth-order valence-corrected chi connectivity index (χ4v) is 1.95. The molecular weight excluding hydrogens is 280 g/mol. The number of benzene rings is 1. The summed E-state index contributed by atoms with van der Waals surface area (Å²) < 4.78 is 10.3. The van der Waals surface area contributed by atoms with Crippen LogP contribution in [0.4, 0.5) is 0 Å². The van der Waals surface area contributed by atoms with E-state index in [1.165, 1.54) is 0 Å². The third-order valence-electron chi connectivity index (χ3n) is 3.21. The van der Waals surface area contributed by atoms with Crippen molar-refractivity contribution in [3.05, 3.63) is 35.4 Å². The number of unbranched alkanes of at least 4 members (excludes halogenated alkanes) is 2. The molecule has 0 radical (unpaired) electrons. The molecule has 0 saturated heterocycles. The summed E-state index contributed by atoms with van der Waals surface area (Å²) in [6.07, 6.45) is 4.25. The normalized spacial score (nSPS) is 10.3. The zero-order valence-corrected chi connectivity index (χ0v) is 13.6. The highest BCUT2D eigenvalue weighted by molar-refractivity contribution is 5.74. The van der Waals surface area contributed by atoms with Crippen LogP contribution in [-0.2, 0) is 31.9 Å². The van der Waals surface area contributed by atoms with E-state index in [9.17, 15) is 9.59 Å². The Kier molecular flexibility index (Phi) is 8.96. The minimum Gasteiger partial charge on any atom is -0.465 e. The predicted octanol–water partition coefficient (Wildman–Crippen LogP) is 3.46. The van der Waals surface area contributed by atoms with Crippen LogP contribution in [0, 0.1) is 0 Å². The van der Waals surface area contributed by atoms with Crippen LogP contribution in [0.15, 0.2) is 24.3 Å². The summed E-state index contributed by atoms with van der Waals surface area (Å²) in [5, 5.41) is 0. The van der Waals surface area contributed by atoms with Crippen molar-refractivity contribution in [1.29, 1.82) is 0 Å². The fraction of sp³-hybridized carbons (Fsp3) is 0.556. The molecule has 1 aromatic carbocycles. The number of hydrogen-bond donors (Lipinski definition) is 0. The van der Waals surface area contributed by atoms with E-state index in [1.807, 2.05) is 24.3 Å². The number of ether oxygens (including phenoxy) is 2. The SMILES string of the molecule is CCCCOC(=O)Cc1cccc(CC(=O)OCCCC)c1. The van der Waals surface area contributed by atoms with Gasteiger partial charge in [0.1, 0.15) is 0 Å². The molecule has 0 unspecified atom stereocenters. The van der Waals surface area contributed by atoms with Gasteiger partial charge in [-0.05, 0) is 24.0 Å². The van der Waals surface area contributed by atoms with Crippen LogP contribution >= 0.6 is 0 Å². The number of carbonyl (C=O) groups excluding carboxylic acids is 2. The molecule has 0 aliphatic carbocycles. The molecule has 0 amide bonds. The van der Waals surface area contributed by atoms with E-state index in [1.54, 1.807) is 0 Å². The highest BCUT2D eigenvalue weighted by Gasteiger charge is 2.08. The Labute approximate surface area is 132 Å². The van der Waals surface area contributed by atoms with E-state index in [0.29, 0.717) is 13.2 Å². The molecule has 0 aliphatic heterocycles. The maximum atomic E-state index is 11.7. The lowest BCUT2D eigenvalue weighted by Crippen LogP contribution is -2.11. The second-order valence-electron chi connectivity index (χ2n) is 5.32. The van der Waals surface area contributed by atoms with E-state index >= 15 is 0 Å². The molecule has 0 fully saturated rings. The lowest BCUT2D eigenvalue weighted by molar-refractivity contribution is -0.143. The van der Waals surface area contributed by atoms with E-state index < -0.39 is 0 Å². The van der Waals surface area contributed by atoms with Crippen molar-refractivity contribution >= 4 is 11.9 Å². The molecule has 4 nitrogen and oxygen atoms in total. The van der Waals surface area contributed by atoms with Gasteiger partial charge in [-0.2, -0.15) is 0 Å². The molecule has 4 heteroatoms. The Morgan fingerprint density at radius 1 is 0.864 bits per heavy atom. The monoisotopic (exact) mass is 306 g/mol. The Bertz CT molecular complexity index is 429. The first-order chi connectivity index (χ1) is 10.7. The third kappa shape index (κ3) is 7.81. The van der Waals surface area contributed by atoms with Gasteiger partial charge < -0.3 is 9.47 Å². The molecule has 0 saturated carbocycles. The minimum absolute atomic E-state index is 0.226. The summed E-state index contributed by atoms with van der Waals surface area (Å²) in [5.41, 5.74) is 1.72. The largest absolute Gasteiger partial charge is 0.465 e. The molecule has 22 heavy (non-hydrogen) atoms. The molecule has 0 bridgehead atoms. The predicted molar refractivity (Wildman–Crippen MR) is 85.6 cm³/mol. The lowest BCUT2D eigenvalue weighted by Gasteiger charge is -2.07. The van der Waals surface area contributed by atoms with E-state index in [4.69, 9.17) is 9.47 Å². The van der Waals surface area contributed by atoms with Crippen LogP contribution in [-0.4, -0.2) is 25.2 Å².